The van der Waals surface area contributed by atoms with Crippen LogP contribution in [0.5, 0.6) is 0 Å². The summed E-state index contributed by atoms with van der Waals surface area (Å²) in [7, 11) is -1.67. The van der Waals surface area contributed by atoms with Gasteiger partial charge in [-0.05, 0) is 119 Å². The zero-order chi connectivity index (χ0) is 69.2. The Balaban J connectivity index is -0.0000000855. The summed E-state index contributed by atoms with van der Waals surface area (Å²) in [6.45, 7) is 32.2. The summed E-state index contributed by atoms with van der Waals surface area (Å²) >= 11 is 37.2. The first-order valence-corrected chi connectivity index (χ1v) is 43.6. The Morgan fingerprint density at radius 3 is 0.822 bits per heavy atom. The fourth-order valence-corrected chi connectivity index (χ4v) is 14.7. The number of rotatable bonds is 44. The van der Waals surface area contributed by atoms with Crippen LogP contribution in [0.25, 0.3) is 0 Å². The minimum absolute atomic E-state index is 0. The van der Waals surface area contributed by atoms with E-state index in [4.69, 9.17) is 44.8 Å². The van der Waals surface area contributed by atoms with E-state index in [0.29, 0.717) is 63.7 Å². The zero-order valence-electron chi connectivity index (χ0n) is 59.7. The average Bonchev–Trinajstić information content (AvgIpc) is 3.56. The molecule has 4 radical (unpaired) electrons. The molecule has 0 saturated carbocycles. The van der Waals surface area contributed by atoms with Crippen molar-refractivity contribution in [2.24, 2.45) is 22.7 Å². The molecule has 0 N–H and O–H groups in total. The van der Waals surface area contributed by atoms with E-state index >= 15 is 0 Å². The average molecular weight is 1790 g/mol. The maximum atomic E-state index is 12.2. The summed E-state index contributed by atoms with van der Waals surface area (Å²) in [5.74, 6) is 1.77. The summed E-state index contributed by atoms with van der Waals surface area (Å²) in [4.78, 5) is 92.4. The predicted molar refractivity (Wildman–Crippen MR) is 404 cm³/mol. The molecule has 0 heterocycles. The van der Waals surface area contributed by atoms with Crippen molar-refractivity contribution in [3.63, 3.8) is 0 Å². The quantitative estimate of drug-likeness (QED) is 0.0420. The fraction of sp³-hybridized carbons (Fsp3) is 0.871. The molecule has 0 aliphatic heterocycles. The molecule has 9 atom stereocenters. The standard InChI is InChI=1S/C16H30NO2S2.C15H28NO2S2.C14H26NO2S2.C13H24NO2S2.4CH4S.4Y/c1-6-16(7-2,8-3)11-10-15(19)12-14(13-18)17(9-4)21(5)20;1-6-15(4,7-2)10-9-14(18)11-13(12-17)16(8-3)20(5)19;1-5-12(6-2)8-9-14(17)10-13(11-16)15(7-3)19(4)18;1-5-11(3)7-8-13(16)9-12(10-15)14(6-2)18(4)17;4*1-2;;;;/h14H,6-12H2,1-5H3;13H,6-11H2,1-5H3;12-13H,5-10H2,1-4H3;11-12H,5-9H2,1-4H3;4*2H,1H3;;;;/q4*-1;;;;;;;;/p-4. The molecule has 0 saturated heterocycles. The van der Waals surface area contributed by atoms with Gasteiger partial charge in [0.05, 0.1) is 0 Å². The van der Waals surface area contributed by atoms with Crippen molar-refractivity contribution >= 4 is 182 Å². The van der Waals surface area contributed by atoms with Crippen molar-refractivity contribution in [1.82, 2.24) is 17.2 Å². The third-order valence-corrected chi connectivity index (χ3v) is 22.7. The second kappa shape index (κ2) is 83.2. The van der Waals surface area contributed by atoms with Crippen LogP contribution in [0.15, 0.2) is 0 Å². The molecule has 0 aliphatic carbocycles. The molecule has 9 unspecified atom stereocenters. The van der Waals surface area contributed by atoms with E-state index in [9.17, 15) is 38.4 Å². The normalized spacial score (nSPS) is 13.5. The van der Waals surface area contributed by atoms with E-state index in [1.807, 2.05) is 95.1 Å². The summed E-state index contributed by atoms with van der Waals surface area (Å²) in [6.07, 6.45) is 37.4. The van der Waals surface area contributed by atoms with E-state index in [1.54, 1.807) is 25.0 Å². The van der Waals surface area contributed by atoms with Crippen LogP contribution in [0.4, 0.5) is 0 Å². The molecular formula is C62H120N4O8S12Y4-8. The molecule has 0 fully saturated rings. The van der Waals surface area contributed by atoms with E-state index < -0.39 is 62.7 Å². The molecule has 90 heavy (non-hydrogen) atoms. The molecule has 0 rings (SSSR count). The van der Waals surface area contributed by atoms with Crippen LogP contribution >= 0.6 is 0 Å². The van der Waals surface area contributed by atoms with Crippen LogP contribution < -0.4 is 0 Å². The Bertz CT molecular complexity index is 1830. The van der Waals surface area contributed by atoms with Crippen LogP contribution in [-0.2, 0) is 303 Å². The maximum Gasteiger partial charge on any atom is 0.132 e. The Morgan fingerprint density at radius 2 is 0.633 bits per heavy atom. The summed E-state index contributed by atoms with van der Waals surface area (Å²) in [5.41, 5.74) is 0.501. The van der Waals surface area contributed by atoms with Gasteiger partial charge in [-0.15, -0.1) is 0 Å². The Labute approximate surface area is 706 Å². The third kappa shape index (κ3) is 63.0. The second-order valence-corrected chi connectivity index (χ2v) is 31.5. The van der Waals surface area contributed by atoms with E-state index in [0.717, 1.165) is 77.0 Å². The first-order valence-electron chi connectivity index (χ1n) is 30.3. The summed E-state index contributed by atoms with van der Waals surface area (Å²) < 4.78 is 7.49. The van der Waals surface area contributed by atoms with Crippen molar-refractivity contribution in [2.45, 2.75) is 250 Å². The van der Waals surface area contributed by atoms with Gasteiger partial charge >= 0.3 is 0 Å². The second-order valence-electron chi connectivity index (χ2n) is 20.5. The molecule has 0 amide bonds. The van der Waals surface area contributed by atoms with Gasteiger partial charge in [0.25, 0.3) is 0 Å². The molecule has 12 nitrogen and oxygen atoms in total. The van der Waals surface area contributed by atoms with Gasteiger partial charge in [-0.3, -0.25) is 36.4 Å². The van der Waals surface area contributed by atoms with Gasteiger partial charge in [-0.2, -0.15) is 25.0 Å². The van der Waals surface area contributed by atoms with Gasteiger partial charge in [0.1, 0.15) is 23.1 Å². The van der Waals surface area contributed by atoms with Crippen molar-refractivity contribution in [3.8, 4) is 0 Å². The van der Waals surface area contributed by atoms with Crippen LogP contribution in [0, 0.1) is 22.7 Å². The molecule has 0 aromatic heterocycles. The third-order valence-electron chi connectivity index (χ3n) is 15.7. The minimum atomic E-state index is -0.479. The SMILES string of the molecule is CCC(C)CCC(=O)CC([C-]=O)N(CC)S(C)=S.CCC(CC)CCC(=O)CC([C-]=O)N(CC)S(C)=S.CCN(C([C-]=O)CC(=O)CCC(C)(CC)CC)S(C)=S.CCN(C([C-]=O)CC(=O)CCC(CC)(CC)CC)S(C)=S.C[S-].C[S-].C[S-].C[S-].[Y].[Y].[Y].[Y]. The molecule has 0 spiro atoms. The van der Waals surface area contributed by atoms with E-state index in [-0.39, 0.29) is 190 Å². The molecule has 0 aromatic rings. The van der Waals surface area contributed by atoms with Crippen molar-refractivity contribution < 1.29 is 169 Å². The fourth-order valence-electron chi connectivity index (χ4n) is 8.81. The molecule has 528 valence electrons. The number of likely N-dealkylation sites (N-methyl/N-ethyl adjacent to an activating group) is 4. The zero-order valence-corrected chi connectivity index (χ0v) is 80.8. The monoisotopic (exact) mass is 1790 g/mol. The first-order chi connectivity index (χ1) is 40.7. The van der Waals surface area contributed by atoms with Crippen molar-refractivity contribution in [1.29, 1.82) is 0 Å². The van der Waals surface area contributed by atoms with Crippen molar-refractivity contribution in [2.75, 3.05) is 76.2 Å². The van der Waals surface area contributed by atoms with E-state index in [2.05, 4.69) is 120 Å². The predicted octanol–water partition coefficient (Wildman–Crippen LogP) is 11.8. The van der Waals surface area contributed by atoms with Gasteiger partial charge < -0.3 is 69.7 Å². The smallest absolute Gasteiger partial charge is 0.132 e. The van der Waals surface area contributed by atoms with Gasteiger partial charge in [-0.25, -0.2) is 25.1 Å². The summed E-state index contributed by atoms with van der Waals surface area (Å²) in [5, 5.41) is 0. The number of carbonyl (C=O) groups is 4. The maximum absolute atomic E-state index is 12.2. The Kier molecular flexibility index (Phi) is 113. The summed E-state index contributed by atoms with van der Waals surface area (Å²) in [6, 6.07) is -1.89. The Hall–Kier alpha value is 5.30. The van der Waals surface area contributed by atoms with Gasteiger partial charge in [0.2, 0.25) is 0 Å². The van der Waals surface area contributed by atoms with Crippen LogP contribution in [-0.4, -0.2) is 166 Å². The minimum Gasteiger partial charge on any atom is -0.796 e. The van der Waals surface area contributed by atoms with Crippen molar-refractivity contribution in [3.05, 3.63) is 0 Å². The molecule has 0 bridgehead atoms. The molecule has 0 aromatic carbocycles. The topological polar surface area (TPSA) is 150 Å². The van der Waals surface area contributed by atoms with Crippen LogP contribution in [0.2, 0.25) is 0 Å². The number of Topliss-reactive ketones (excluding diaryl/α,β-unsaturated/α-hetero) is 4. The molecule has 28 heteroatoms. The largest absolute Gasteiger partial charge is 0.796 e. The number of hydrogen-bond donors (Lipinski definition) is 0. The molecular weight excluding hydrogens is 1670 g/mol. The first kappa shape index (κ1) is 122. The number of nitrogens with zero attached hydrogens (tertiary/aromatic N) is 4. The molecule has 0 aliphatic rings. The number of carbonyl (C=O) groups excluding carboxylic acids is 8. The number of ketones is 4. The van der Waals surface area contributed by atoms with Gasteiger partial charge in [0, 0.05) is 208 Å². The van der Waals surface area contributed by atoms with Crippen LogP contribution in [0.3, 0.4) is 0 Å². The van der Waals surface area contributed by atoms with Gasteiger partial charge in [0.15, 0.2) is 0 Å². The van der Waals surface area contributed by atoms with Crippen LogP contribution in [0.1, 0.15) is 225 Å². The Morgan fingerprint density at radius 1 is 0.400 bits per heavy atom. The number of hydrogen-bond acceptors (Lipinski definition) is 16. The van der Waals surface area contributed by atoms with E-state index in [1.165, 1.54) is 0 Å². The van der Waals surface area contributed by atoms with Gasteiger partial charge in [-0.1, -0.05) is 211 Å².